The molecule has 5 nitrogen and oxygen atoms in total. The van der Waals surface area contributed by atoms with Gasteiger partial charge in [0.2, 0.25) is 5.91 Å². The van der Waals surface area contributed by atoms with Crippen molar-refractivity contribution in [3.05, 3.63) is 36.0 Å². The Morgan fingerprint density at radius 2 is 2.14 bits per heavy atom. The molecular weight excluding hydrogens is 300 g/mol. The molecule has 0 bridgehead atoms. The maximum Gasteiger partial charge on any atom is 0.224 e. The van der Waals surface area contributed by atoms with E-state index in [1.54, 1.807) is 0 Å². The highest BCUT2D eigenvalue weighted by Crippen LogP contribution is 2.21. The lowest BCUT2D eigenvalue weighted by molar-refractivity contribution is -0.120. The van der Waals surface area contributed by atoms with Gasteiger partial charge >= 0.3 is 0 Å². The summed E-state index contributed by atoms with van der Waals surface area (Å²) in [5.41, 5.74) is 2.01. The highest BCUT2D eigenvalue weighted by Gasteiger charge is 2.27. The third kappa shape index (κ3) is 3.50. The van der Waals surface area contributed by atoms with Gasteiger partial charge in [-0.1, -0.05) is 18.2 Å². The summed E-state index contributed by atoms with van der Waals surface area (Å²) in [6.45, 7) is 0.543. The molecule has 0 radical (unpaired) electrons. The molecule has 1 saturated heterocycles. The molecule has 3 rings (SSSR count). The van der Waals surface area contributed by atoms with Crippen LogP contribution in [0.5, 0.6) is 0 Å². The van der Waals surface area contributed by atoms with Gasteiger partial charge in [0.15, 0.2) is 9.84 Å². The number of fused-ring (bicyclic) bond motifs is 1. The second-order valence-corrected chi connectivity index (χ2v) is 8.17. The number of hydrogen-bond acceptors (Lipinski definition) is 3. The predicted octanol–water partition coefficient (Wildman–Crippen LogP) is 1.65. The summed E-state index contributed by atoms with van der Waals surface area (Å²) < 4.78 is 22.8. The van der Waals surface area contributed by atoms with Crippen LogP contribution in [-0.2, 0) is 21.1 Å². The summed E-state index contributed by atoms with van der Waals surface area (Å²) in [5, 5.41) is 3.96. The van der Waals surface area contributed by atoms with Crippen molar-refractivity contribution >= 4 is 26.6 Å². The molecule has 1 amide bonds. The Morgan fingerprint density at radius 1 is 1.32 bits per heavy atom. The van der Waals surface area contributed by atoms with E-state index in [1.165, 1.54) is 0 Å². The molecular formula is C16H20N2O3S. The summed E-state index contributed by atoms with van der Waals surface area (Å²) in [6, 6.07) is 7.89. The Hall–Kier alpha value is -1.82. The van der Waals surface area contributed by atoms with Gasteiger partial charge in [0.05, 0.1) is 17.9 Å². The largest absolute Gasteiger partial charge is 0.361 e. The van der Waals surface area contributed by atoms with Gasteiger partial charge in [0.1, 0.15) is 0 Å². The number of rotatable bonds is 5. The molecule has 1 atom stereocenters. The average molecular weight is 320 g/mol. The normalized spacial score (nSPS) is 20.3. The van der Waals surface area contributed by atoms with E-state index in [0.29, 0.717) is 18.7 Å². The third-order valence-corrected chi connectivity index (χ3v) is 6.06. The molecule has 1 unspecified atom stereocenters. The van der Waals surface area contributed by atoms with E-state index in [-0.39, 0.29) is 17.6 Å². The van der Waals surface area contributed by atoms with Crippen LogP contribution in [0.15, 0.2) is 30.5 Å². The molecule has 118 valence electrons. The van der Waals surface area contributed by atoms with Crippen LogP contribution in [0.4, 0.5) is 0 Å². The molecule has 1 aliphatic heterocycles. The van der Waals surface area contributed by atoms with Gasteiger partial charge in [-0.3, -0.25) is 4.79 Å². The van der Waals surface area contributed by atoms with Crippen LogP contribution in [0.1, 0.15) is 18.4 Å². The van der Waals surface area contributed by atoms with Crippen molar-refractivity contribution in [1.29, 1.82) is 0 Å². The van der Waals surface area contributed by atoms with E-state index in [0.717, 1.165) is 29.3 Å². The molecule has 1 aromatic carbocycles. The molecule has 0 aliphatic carbocycles. The van der Waals surface area contributed by atoms with Crippen molar-refractivity contribution in [1.82, 2.24) is 10.3 Å². The van der Waals surface area contributed by atoms with Gasteiger partial charge in [-0.15, -0.1) is 0 Å². The van der Waals surface area contributed by atoms with E-state index in [4.69, 9.17) is 0 Å². The molecule has 1 aliphatic rings. The van der Waals surface area contributed by atoms with Crippen LogP contribution in [0.2, 0.25) is 0 Å². The quantitative estimate of drug-likeness (QED) is 0.879. The van der Waals surface area contributed by atoms with Crippen molar-refractivity contribution in [3.8, 4) is 0 Å². The van der Waals surface area contributed by atoms with Crippen molar-refractivity contribution in [2.75, 3.05) is 18.1 Å². The molecule has 0 saturated carbocycles. The molecule has 2 heterocycles. The van der Waals surface area contributed by atoms with Crippen molar-refractivity contribution < 1.29 is 13.2 Å². The number of aromatic amines is 1. The van der Waals surface area contributed by atoms with Crippen LogP contribution in [-0.4, -0.2) is 37.4 Å². The SMILES string of the molecule is O=C(Cc1c[nH]c2ccccc12)NCCC1CCS(=O)(=O)C1. The number of sulfone groups is 1. The van der Waals surface area contributed by atoms with E-state index >= 15 is 0 Å². The number of H-pyrrole nitrogens is 1. The minimum absolute atomic E-state index is 0.0226. The average Bonchev–Trinajstić information content (AvgIpc) is 3.03. The number of nitrogens with one attached hydrogen (secondary N) is 2. The number of hydrogen-bond donors (Lipinski definition) is 2. The topological polar surface area (TPSA) is 79.0 Å². The third-order valence-electron chi connectivity index (χ3n) is 4.23. The second kappa shape index (κ2) is 6.12. The fourth-order valence-electron chi connectivity index (χ4n) is 3.03. The number of carbonyl (C=O) groups excluding carboxylic acids is 1. The van der Waals surface area contributed by atoms with Gasteiger partial charge in [-0.05, 0) is 30.4 Å². The monoisotopic (exact) mass is 320 g/mol. The van der Waals surface area contributed by atoms with Gasteiger partial charge < -0.3 is 10.3 Å². The van der Waals surface area contributed by atoms with E-state index in [2.05, 4.69) is 10.3 Å². The molecule has 0 spiro atoms. The predicted molar refractivity (Wildman–Crippen MR) is 86.4 cm³/mol. The lowest BCUT2D eigenvalue weighted by Crippen LogP contribution is -2.27. The Kier molecular flexibility index (Phi) is 4.20. The summed E-state index contributed by atoms with van der Waals surface area (Å²) in [4.78, 5) is 15.2. The first-order chi connectivity index (χ1) is 10.5. The number of benzene rings is 1. The molecule has 2 N–H and O–H groups in total. The Balaban J connectivity index is 1.49. The zero-order chi connectivity index (χ0) is 15.6. The van der Waals surface area contributed by atoms with Crippen LogP contribution >= 0.6 is 0 Å². The zero-order valence-corrected chi connectivity index (χ0v) is 13.2. The lowest BCUT2D eigenvalue weighted by atomic mass is 10.1. The first-order valence-corrected chi connectivity index (χ1v) is 9.38. The zero-order valence-electron chi connectivity index (χ0n) is 12.3. The fourth-order valence-corrected chi connectivity index (χ4v) is 4.94. The summed E-state index contributed by atoms with van der Waals surface area (Å²) >= 11 is 0. The minimum Gasteiger partial charge on any atom is -0.361 e. The van der Waals surface area contributed by atoms with Gasteiger partial charge in [0, 0.05) is 23.6 Å². The van der Waals surface area contributed by atoms with Crippen molar-refractivity contribution in [3.63, 3.8) is 0 Å². The molecule has 22 heavy (non-hydrogen) atoms. The van der Waals surface area contributed by atoms with Crippen LogP contribution in [0.3, 0.4) is 0 Å². The summed E-state index contributed by atoms with van der Waals surface area (Å²) in [5.74, 6) is 0.732. The number of aromatic nitrogens is 1. The highest BCUT2D eigenvalue weighted by atomic mass is 32.2. The number of amides is 1. The molecule has 2 aromatic rings. The van der Waals surface area contributed by atoms with Gasteiger partial charge in [0.25, 0.3) is 0 Å². The van der Waals surface area contributed by atoms with Crippen LogP contribution in [0, 0.1) is 5.92 Å². The van der Waals surface area contributed by atoms with E-state index in [9.17, 15) is 13.2 Å². The maximum atomic E-state index is 12.0. The number of para-hydroxylation sites is 1. The van der Waals surface area contributed by atoms with Crippen LogP contribution in [0.25, 0.3) is 10.9 Å². The highest BCUT2D eigenvalue weighted by molar-refractivity contribution is 7.91. The molecule has 1 fully saturated rings. The lowest BCUT2D eigenvalue weighted by Gasteiger charge is -2.08. The van der Waals surface area contributed by atoms with E-state index < -0.39 is 9.84 Å². The fraction of sp³-hybridized carbons (Fsp3) is 0.438. The van der Waals surface area contributed by atoms with E-state index in [1.807, 2.05) is 30.5 Å². The summed E-state index contributed by atoms with van der Waals surface area (Å²) in [7, 11) is -2.83. The summed E-state index contributed by atoms with van der Waals surface area (Å²) in [6.07, 6.45) is 3.67. The maximum absolute atomic E-state index is 12.0. The van der Waals surface area contributed by atoms with Crippen molar-refractivity contribution in [2.45, 2.75) is 19.3 Å². The van der Waals surface area contributed by atoms with Crippen molar-refractivity contribution in [2.24, 2.45) is 5.92 Å². The number of carbonyl (C=O) groups is 1. The second-order valence-electron chi connectivity index (χ2n) is 5.94. The standard InChI is InChI=1S/C16H20N2O3S/c19-16(17-7-5-12-6-8-22(20,21)11-12)9-13-10-18-15-4-2-1-3-14(13)15/h1-4,10,12,18H,5-9,11H2,(H,17,19). The first-order valence-electron chi connectivity index (χ1n) is 7.55. The van der Waals surface area contributed by atoms with Gasteiger partial charge in [-0.25, -0.2) is 8.42 Å². The van der Waals surface area contributed by atoms with Gasteiger partial charge in [-0.2, -0.15) is 0 Å². The van der Waals surface area contributed by atoms with Crippen LogP contribution < -0.4 is 5.32 Å². The smallest absolute Gasteiger partial charge is 0.224 e. The minimum atomic E-state index is -2.83. The Bertz CT molecular complexity index is 780. The molecule has 1 aromatic heterocycles. The Labute approximate surface area is 130 Å². The molecule has 6 heteroatoms. The Morgan fingerprint density at radius 3 is 2.91 bits per heavy atom. The first kappa shape index (κ1) is 15.1.